The fourth-order valence-corrected chi connectivity index (χ4v) is 4.96. The summed E-state index contributed by atoms with van der Waals surface area (Å²) in [7, 11) is 0.334. The summed E-state index contributed by atoms with van der Waals surface area (Å²) in [6.45, 7) is 11.8. The first-order valence-electron chi connectivity index (χ1n) is 5.84. The normalized spacial score (nSPS) is 20.8. The average Bonchev–Trinajstić information content (AvgIpc) is 2.78. The number of hydrogen-bond acceptors (Lipinski definition) is 1. The van der Waals surface area contributed by atoms with Gasteiger partial charge >= 0.3 is 0 Å². The molecule has 1 N–H and O–H groups in total. The van der Waals surface area contributed by atoms with Gasteiger partial charge in [0.15, 0.2) is 4.75 Å². The van der Waals surface area contributed by atoms with Crippen molar-refractivity contribution in [1.82, 2.24) is 0 Å². The number of hydrogen-bond donors (Lipinski definition) is 1. The van der Waals surface area contributed by atoms with Crippen LogP contribution in [0, 0.1) is 0 Å². The molecule has 0 aliphatic carbocycles. The van der Waals surface area contributed by atoms with Crippen molar-refractivity contribution in [2.45, 2.75) is 37.5 Å². The zero-order valence-corrected chi connectivity index (χ0v) is 11.2. The first-order valence-corrected chi connectivity index (χ1v) is 7.41. The van der Waals surface area contributed by atoms with Crippen LogP contribution in [-0.2, 0) is 10.9 Å². The molecule has 1 fully saturated rings. The number of rotatable bonds is 5. The Bertz CT molecular complexity index is 285. The van der Waals surface area contributed by atoms with Crippen LogP contribution in [0.25, 0.3) is 0 Å². The highest BCUT2D eigenvalue weighted by molar-refractivity contribution is 7.98. The van der Waals surface area contributed by atoms with Gasteiger partial charge < -0.3 is 5.11 Å². The molecular weight excluding hydrogens is 216 g/mol. The van der Waals surface area contributed by atoms with Crippen LogP contribution >= 0.6 is 0 Å². The van der Waals surface area contributed by atoms with Crippen molar-refractivity contribution in [3.63, 3.8) is 0 Å². The summed E-state index contributed by atoms with van der Waals surface area (Å²) >= 11 is 0. The Morgan fingerprint density at radius 2 is 1.88 bits per heavy atom. The molecule has 0 spiro atoms. The lowest BCUT2D eigenvalue weighted by atomic mass is 9.98. The number of aliphatic hydroxyl groups is 1. The van der Waals surface area contributed by atoms with E-state index in [9.17, 15) is 5.11 Å². The Hall–Kier alpha value is -0.470. The summed E-state index contributed by atoms with van der Waals surface area (Å²) in [6, 6.07) is 0. The second-order valence-corrected chi connectivity index (χ2v) is 7.57. The molecule has 0 amide bonds. The van der Waals surface area contributed by atoms with Gasteiger partial charge in [0.05, 0.1) is 0 Å². The lowest BCUT2D eigenvalue weighted by Gasteiger charge is -2.29. The highest BCUT2D eigenvalue weighted by Gasteiger charge is 2.46. The Labute approximate surface area is 102 Å². The van der Waals surface area contributed by atoms with Gasteiger partial charge in [-0.05, 0) is 43.2 Å². The van der Waals surface area contributed by atoms with Gasteiger partial charge in [0, 0.05) is 0 Å². The quantitative estimate of drug-likeness (QED) is 0.578. The van der Waals surface area contributed by atoms with E-state index in [1.807, 2.05) is 6.08 Å². The second-order valence-electron chi connectivity index (χ2n) is 4.72. The maximum absolute atomic E-state index is 10.4. The number of aliphatic hydroxyl groups excluding tert-OH is 1. The minimum absolute atomic E-state index is 0.0421. The summed E-state index contributed by atoms with van der Waals surface area (Å²) in [5.41, 5.74) is 0.888. The average molecular weight is 239 g/mol. The van der Waals surface area contributed by atoms with Crippen molar-refractivity contribution in [3.05, 3.63) is 37.0 Å². The molecule has 1 heterocycles. The van der Waals surface area contributed by atoms with Crippen LogP contribution in [0.2, 0.25) is 0 Å². The first kappa shape index (κ1) is 13.6. The largest absolute Gasteiger partial charge is 0.383 e. The molecule has 0 bridgehead atoms. The van der Waals surface area contributed by atoms with Crippen molar-refractivity contribution < 1.29 is 5.11 Å². The van der Waals surface area contributed by atoms with Crippen molar-refractivity contribution in [3.8, 4) is 0 Å². The molecule has 0 saturated carbocycles. The lowest BCUT2D eigenvalue weighted by Crippen LogP contribution is -2.45. The molecule has 1 aliphatic rings. The highest BCUT2D eigenvalue weighted by atomic mass is 32.2. The van der Waals surface area contributed by atoms with Crippen molar-refractivity contribution in [1.29, 1.82) is 0 Å². The third-order valence-electron chi connectivity index (χ3n) is 3.30. The Kier molecular flexibility index (Phi) is 4.88. The van der Waals surface area contributed by atoms with Crippen LogP contribution in [0.1, 0.15) is 26.7 Å². The molecule has 1 unspecified atom stereocenters. The van der Waals surface area contributed by atoms with Gasteiger partial charge in [0.2, 0.25) is 0 Å². The second kappa shape index (κ2) is 5.74. The highest BCUT2D eigenvalue weighted by Crippen LogP contribution is 2.33. The van der Waals surface area contributed by atoms with E-state index in [4.69, 9.17) is 0 Å². The van der Waals surface area contributed by atoms with Crippen LogP contribution in [0.15, 0.2) is 37.0 Å². The van der Waals surface area contributed by atoms with Gasteiger partial charge in [-0.3, -0.25) is 0 Å². The monoisotopic (exact) mass is 239 g/mol. The molecule has 0 aromatic rings. The fourth-order valence-electron chi connectivity index (χ4n) is 2.15. The molecule has 1 saturated heterocycles. The zero-order chi connectivity index (χ0) is 12.2. The summed E-state index contributed by atoms with van der Waals surface area (Å²) in [6.07, 6.45) is 7.52. The zero-order valence-electron chi connectivity index (χ0n) is 10.4. The Balaban J connectivity index is 2.84. The van der Waals surface area contributed by atoms with E-state index in [2.05, 4.69) is 27.0 Å². The first-order chi connectivity index (χ1) is 7.54. The van der Waals surface area contributed by atoms with Gasteiger partial charge in [-0.2, -0.15) is 0 Å². The molecule has 1 aliphatic heterocycles. The molecule has 0 radical (unpaired) electrons. The van der Waals surface area contributed by atoms with E-state index >= 15 is 0 Å². The van der Waals surface area contributed by atoms with E-state index in [1.165, 1.54) is 24.3 Å². The van der Waals surface area contributed by atoms with Crippen molar-refractivity contribution >= 4 is 10.9 Å². The van der Waals surface area contributed by atoms with Crippen LogP contribution in [0.5, 0.6) is 0 Å². The van der Waals surface area contributed by atoms with E-state index in [0.717, 1.165) is 5.57 Å². The topological polar surface area (TPSA) is 20.2 Å². The smallest absolute Gasteiger partial charge is 0.152 e. The molecule has 2 heteroatoms. The molecule has 1 rings (SSSR count). The summed E-state index contributed by atoms with van der Waals surface area (Å²) in [5.74, 6) is 2.53. The van der Waals surface area contributed by atoms with Gasteiger partial charge in [0.1, 0.15) is 17.6 Å². The maximum Gasteiger partial charge on any atom is 0.152 e. The molecule has 0 aromatic carbocycles. The molecule has 1 nitrogen and oxygen atoms in total. The standard InChI is InChI=1S/C14H23OS/c1-5-9-12(6-2)13(15)14(3,4)16-10-7-8-11-16/h5-6,9,13,15H,1-2,7-8,10-11H2,3-4H3/q+1/b12-9+. The van der Waals surface area contributed by atoms with Crippen LogP contribution < -0.4 is 0 Å². The molecule has 90 valence electrons. The lowest BCUT2D eigenvalue weighted by molar-refractivity contribution is 0.179. The van der Waals surface area contributed by atoms with Crippen molar-refractivity contribution in [2.75, 3.05) is 11.5 Å². The summed E-state index contributed by atoms with van der Waals surface area (Å²) in [4.78, 5) is 0. The van der Waals surface area contributed by atoms with E-state index < -0.39 is 6.10 Å². The van der Waals surface area contributed by atoms with E-state index in [0.29, 0.717) is 10.9 Å². The van der Waals surface area contributed by atoms with Crippen molar-refractivity contribution in [2.24, 2.45) is 0 Å². The minimum Gasteiger partial charge on any atom is -0.383 e. The van der Waals surface area contributed by atoms with Gasteiger partial charge in [0.25, 0.3) is 0 Å². The van der Waals surface area contributed by atoms with Gasteiger partial charge in [-0.1, -0.05) is 31.4 Å². The predicted molar refractivity (Wildman–Crippen MR) is 74.9 cm³/mol. The molecule has 1 atom stereocenters. The van der Waals surface area contributed by atoms with Crippen LogP contribution in [-0.4, -0.2) is 27.5 Å². The minimum atomic E-state index is -0.426. The fraction of sp³-hybridized carbons (Fsp3) is 0.571. The van der Waals surface area contributed by atoms with E-state index in [1.54, 1.807) is 12.2 Å². The molecule has 0 aromatic heterocycles. The third kappa shape index (κ3) is 2.80. The van der Waals surface area contributed by atoms with E-state index in [-0.39, 0.29) is 4.75 Å². The van der Waals surface area contributed by atoms with Gasteiger partial charge in [-0.25, -0.2) is 0 Å². The third-order valence-corrected chi connectivity index (χ3v) is 6.57. The summed E-state index contributed by atoms with van der Waals surface area (Å²) in [5, 5.41) is 10.4. The number of allylic oxidation sites excluding steroid dienone is 2. The Morgan fingerprint density at radius 3 is 2.31 bits per heavy atom. The SMILES string of the molecule is C=C/C=C(\C=C)C(O)C(C)(C)[S+]1CCCC1. The van der Waals surface area contributed by atoms with Crippen LogP contribution in [0.4, 0.5) is 0 Å². The maximum atomic E-state index is 10.4. The predicted octanol–water partition coefficient (Wildman–Crippen LogP) is 2.84. The van der Waals surface area contributed by atoms with Crippen LogP contribution in [0.3, 0.4) is 0 Å². The molecular formula is C14H23OS+. The Morgan fingerprint density at radius 1 is 1.31 bits per heavy atom. The van der Waals surface area contributed by atoms with Gasteiger partial charge in [-0.15, -0.1) is 0 Å². The summed E-state index contributed by atoms with van der Waals surface area (Å²) < 4.78 is -0.0421. The molecule has 16 heavy (non-hydrogen) atoms.